The molecule has 0 N–H and O–H groups in total. The first kappa shape index (κ1) is 3.94. The maximum atomic E-state index is 2.34. The molecule has 0 heteroatoms. The van der Waals surface area contributed by atoms with E-state index in [0.717, 1.165) is 5.92 Å². The van der Waals surface area contributed by atoms with Gasteiger partial charge in [-0.3, -0.25) is 0 Å². The lowest BCUT2D eigenvalue weighted by molar-refractivity contribution is 0.450. The maximum absolute atomic E-state index is 2.34. The van der Waals surface area contributed by atoms with Crippen molar-refractivity contribution >= 4 is 0 Å². The Kier molecular flexibility index (Phi) is 0.499. The third kappa shape index (κ3) is 0.375. The van der Waals surface area contributed by atoms with Gasteiger partial charge in [-0.05, 0) is 30.1 Å². The van der Waals surface area contributed by atoms with Crippen molar-refractivity contribution in [2.75, 3.05) is 0 Å². The van der Waals surface area contributed by atoms with Gasteiger partial charge in [0.25, 0.3) is 0 Å². The summed E-state index contributed by atoms with van der Waals surface area (Å²) in [6, 6.07) is 0. The second kappa shape index (κ2) is 0.888. The molecule has 0 aromatic rings. The summed E-state index contributed by atoms with van der Waals surface area (Å²) in [6.45, 7) is 4.69. The molecule has 2 fully saturated rings. The molecule has 2 rings (SSSR count). The molecular formula is C7H12. The second-order valence-electron chi connectivity index (χ2n) is 3.38. The van der Waals surface area contributed by atoms with E-state index in [1.165, 1.54) is 17.8 Å². The van der Waals surface area contributed by atoms with Gasteiger partial charge in [-0.25, -0.2) is 0 Å². The molecule has 0 spiro atoms. The second-order valence-corrected chi connectivity index (χ2v) is 3.38. The molecule has 7 heavy (non-hydrogen) atoms. The smallest absolute Gasteiger partial charge is 0.0329 e. The van der Waals surface area contributed by atoms with E-state index >= 15 is 0 Å². The van der Waals surface area contributed by atoms with Gasteiger partial charge < -0.3 is 0 Å². The zero-order chi connectivity index (χ0) is 5.02. The maximum Gasteiger partial charge on any atom is -0.0329 e. The van der Waals surface area contributed by atoms with E-state index < -0.39 is 0 Å². The average molecular weight is 96.2 g/mol. The normalized spacial score (nSPS) is 54.4. The van der Waals surface area contributed by atoms with Crippen LogP contribution in [0.4, 0.5) is 0 Å². The molecule has 0 radical (unpaired) electrons. The summed E-state index contributed by atoms with van der Waals surface area (Å²) >= 11 is 0. The lowest BCUT2D eigenvalue weighted by atomic mass is 10.0. The summed E-state index contributed by atoms with van der Waals surface area (Å²) < 4.78 is 0. The van der Waals surface area contributed by atoms with E-state index in [0.29, 0.717) is 0 Å². The van der Waals surface area contributed by atoms with Crippen molar-refractivity contribution in [3.8, 4) is 0 Å². The molecule has 0 heterocycles. The SMILES string of the molecule is CC(C)C1C2CC21. The highest BCUT2D eigenvalue weighted by molar-refractivity contribution is 5.12. The minimum atomic E-state index is 0.990. The molecule has 0 aromatic heterocycles. The van der Waals surface area contributed by atoms with Crippen molar-refractivity contribution in [2.24, 2.45) is 23.7 Å². The van der Waals surface area contributed by atoms with Crippen molar-refractivity contribution in [3.05, 3.63) is 0 Å². The van der Waals surface area contributed by atoms with Crippen LogP contribution in [0, 0.1) is 23.7 Å². The van der Waals surface area contributed by atoms with Crippen molar-refractivity contribution in [2.45, 2.75) is 20.3 Å². The van der Waals surface area contributed by atoms with Gasteiger partial charge in [-0.1, -0.05) is 13.8 Å². The van der Waals surface area contributed by atoms with Crippen molar-refractivity contribution < 1.29 is 0 Å². The van der Waals surface area contributed by atoms with Gasteiger partial charge in [0, 0.05) is 0 Å². The predicted molar refractivity (Wildman–Crippen MR) is 29.9 cm³/mol. The summed E-state index contributed by atoms with van der Waals surface area (Å²) in [5, 5.41) is 0. The first-order valence-electron chi connectivity index (χ1n) is 3.30. The quantitative estimate of drug-likeness (QED) is 0.467. The molecule has 0 bridgehead atoms. The van der Waals surface area contributed by atoms with Gasteiger partial charge in [0.2, 0.25) is 0 Å². The Labute approximate surface area is 44.9 Å². The molecule has 2 aliphatic carbocycles. The molecule has 2 unspecified atom stereocenters. The fourth-order valence-electron chi connectivity index (χ4n) is 1.82. The molecule has 2 saturated carbocycles. The number of rotatable bonds is 1. The third-order valence-electron chi connectivity index (χ3n) is 2.51. The van der Waals surface area contributed by atoms with E-state index in [9.17, 15) is 0 Å². The van der Waals surface area contributed by atoms with Crippen LogP contribution in [0.1, 0.15) is 20.3 Å². The Hall–Kier alpha value is 0. The van der Waals surface area contributed by atoms with Gasteiger partial charge in [0.1, 0.15) is 0 Å². The summed E-state index contributed by atoms with van der Waals surface area (Å²) in [5.74, 6) is 4.57. The van der Waals surface area contributed by atoms with E-state index in [1.807, 2.05) is 0 Å². The van der Waals surface area contributed by atoms with Gasteiger partial charge in [-0.2, -0.15) is 0 Å². The number of hydrogen-bond acceptors (Lipinski definition) is 0. The van der Waals surface area contributed by atoms with E-state index in [-0.39, 0.29) is 0 Å². The molecule has 40 valence electrons. The van der Waals surface area contributed by atoms with Crippen LogP contribution >= 0.6 is 0 Å². The van der Waals surface area contributed by atoms with Crippen LogP contribution in [0.2, 0.25) is 0 Å². The van der Waals surface area contributed by atoms with Crippen LogP contribution in [-0.2, 0) is 0 Å². The lowest BCUT2D eigenvalue weighted by Gasteiger charge is -2.04. The predicted octanol–water partition coefficient (Wildman–Crippen LogP) is 1.91. The zero-order valence-corrected chi connectivity index (χ0v) is 5.02. The minimum absolute atomic E-state index is 0.990. The van der Waals surface area contributed by atoms with Crippen LogP contribution in [0.25, 0.3) is 0 Å². The summed E-state index contributed by atoms with van der Waals surface area (Å²) in [4.78, 5) is 0. The summed E-state index contributed by atoms with van der Waals surface area (Å²) in [6.07, 6.45) is 1.57. The van der Waals surface area contributed by atoms with Crippen molar-refractivity contribution in [3.63, 3.8) is 0 Å². The molecule has 0 nitrogen and oxygen atoms in total. The molecule has 0 amide bonds. The topological polar surface area (TPSA) is 0 Å². The number of fused-ring (bicyclic) bond motifs is 1. The van der Waals surface area contributed by atoms with Gasteiger partial charge in [0.15, 0.2) is 0 Å². The van der Waals surface area contributed by atoms with Gasteiger partial charge in [0.05, 0.1) is 0 Å². The van der Waals surface area contributed by atoms with Crippen LogP contribution in [0.3, 0.4) is 0 Å². The van der Waals surface area contributed by atoms with Crippen LogP contribution in [0.5, 0.6) is 0 Å². The average Bonchev–Trinajstić information content (AvgIpc) is 2.02. The van der Waals surface area contributed by atoms with Crippen LogP contribution in [0.15, 0.2) is 0 Å². The highest BCUT2D eigenvalue weighted by Gasteiger charge is 2.64. The van der Waals surface area contributed by atoms with E-state index in [2.05, 4.69) is 13.8 Å². The van der Waals surface area contributed by atoms with E-state index in [1.54, 1.807) is 6.42 Å². The number of hydrogen-bond donors (Lipinski definition) is 0. The lowest BCUT2D eigenvalue weighted by Crippen LogP contribution is -1.97. The van der Waals surface area contributed by atoms with Gasteiger partial charge >= 0.3 is 0 Å². The van der Waals surface area contributed by atoms with E-state index in [4.69, 9.17) is 0 Å². The first-order chi connectivity index (χ1) is 3.30. The third-order valence-corrected chi connectivity index (χ3v) is 2.51. The molecule has 0 saturated heterocycles. The summed E-state index contributed by atoms with van der Waals surface area (Å²) in [7, 11) is 0. The Balaban J connectivity index is 1.91. The summed E-state index contributed by atoms with van der Waals surface area (Å²) in [5.41, 5.74) is 0. The molecular weight excluding hydrogens is 84.1 g/mol. The standard InChI is InChI=1S/C7H12/c1-4(2)7-5-3-6(5)7/h4-7H,3H2,1-2H3. The minimum Gasteiger partial charge on any atom is -0.0625 e. The monoisotopic (exact) mass is 96.1 g/mol. The fourth-order valence-corrected chi connectivity index (χ4v) is 1.82. The molecule has 2 aliphatic rings. The first-order valence-corrected chi connectivity index (χ1v) is 3.30. The highest BCUT2D eigenvalue weighted by atomic mass is 14.7. The molecule has 0 aromatic carbocycles. The molecule has 2 atom stereocenters. The van der Waals surface area contributed by atoms with Crippen LogP contribution < -0.4 is 0 Å². The Morgan fingerprint density at radius 2 is 1.86 bits per heavy atom. The van der Waals surface area contributed by atoms with Crippen LogP contribution in [-0.4, -0.2) is 0 Å². The van der Waals surface area contributed by atoms with Crippen molar-refractivity contribution in [1.82, 2.24) is 0 Å². The Morgan fingerprint density at radius 1 is 1.29 bits per heavy atom. The van der Waals surface area contributed by atoms with Gasteiger partial charge in [-0.15, -0.1) is 0 Å². The molecule has 0 aliphatic heterocycles. The zero-order valence-electron chi connectivity index (χ0n) is 5.02. The largest absolute Gasteiger partial charge is 0.0625 e. The Bertz CT molecular complexity index is 86.2. The van der Waals surface area contributed by atoms with Crippen molar-refractivity contribution in [1.29, 1.82) is 0 Å². The Morgan fingerprint density at radius 3 is 1.86 bits per heavy atom. The fraction of sp³-hybridized carbons (Fsp3) is 1.00. The highest BCUT2D eigenvalue weighted by Crippen LogP contribution is 2.70.